The zero-order valence-electron chi connectivity index (χ0n) is 24.0. The van der Waals surface area contributed by atoms with Gasteiger partial charge < -0.3 is 21.3 Å². The Balaban J connectivity index is 1.05. The summed E-state index contributed by atoms with van der Waals surface area (Å²) in [6.45, 7) is 2.46. The number of carbonyl (C=O) groups excluding carboxylic acids is 1. The molecule has 8 nitrogen and oxygen atoms in total. The minimum atomic E-state index is 0.204. The molecule has 5 aliphatic carbocycles. The summed E-state index contributed by atoms with van der Waals surface area (Å²) in [6, 6.07) is 10.6. The molecule has 3 unspecified atom stereocenters. The van der Waals surface area contributed by atoms with Gasteiger partial charge in [0.2, 0.25) is 11.9 Å². The van der Waals surface area contributed by atoms with Gasteiger partial charge in [0.1, 0.15) is 17.5 Å². The standard InChI is InChI=1S/C32H42ClN7O/c1-35-30(41)22-8-6-20(7-9-22)16-36-28-24-10-21-11-25(28)14-32(12-21,13-24)19-39-29-26(15-34)18-38-31(40-29)37-17-23-4-2-3-5-27(23)33/h2-5,18,20-22,24-25,28,36H,6-14,16-17,19H2,1H3,(H,35,41)(H2,37,38,39,40)/t20?,21?,22?,24-,25+,28?,32?. The molecule has 5 saturated carbocycles. The van der Waals surface area contributed by atoms with Gasteiger partial charge in [-0.3, -0.25) is 4.79 Å². The van der Waals surface area contributed by atoms with Gasteiger partial charge in [-0.05, 0) is 105 Å². The number of carbonyl (C=O) groups is 1. The summed E-state index contributed by atoms with van der Waals surface area (Å²) >= 11 is 6.31. The lowest BCUT2D eigenvalue weighted by Crippen LogP contribution is -2.60. The van der Waals surface area contributed by atoms with E-state index in [2.05, 4.69) is 37.3 Å². The van der Waals surface area contributed by atoms with Crippen LogP contribution in [0.25, 0.3) is 0 Å². The molecule has 9 heteroatoms. The van der Waals surface area contributed by atoms with Crippen molar-refractivity contribution in [1.29, 1.82) is 5.26 Å². The van der Waals surface area contributed by atoms with Crippen LogP contribution in [0.15, 0.2) is 30.5 Å². The third-order valence-corrected chi connectivity index (χ3v) is 10.8. The number of hydrogen-bond donors (Lipinski definition) is 4. The second-order valence-electron chi connectivity index (χ2n) is 13.1. The molecule has 2 aromatic rings. The summed E-state index contributed by atoms with van der Waals surface area (Å²) in [4.78, 5) is 21.1. The maximum atomic E-state index is 12.0. The Morgan fingerprint density at radius 1 is 1.10 bits per heavy atom. The van der Waals surface area contributed by atoms with Gasteiger partial charge in [0, 0.05) is 37.1 Å². The van der Waals surface area contributed by atoms with Crippen LogP contribution in [0.4, 0.5) is 11.8 Å². The molecule has 0 aliphatic heterocycles. The summed E-state index contributed by atoms with van der Waals surface area (Å²) in [5.41, 5.74) is 1.72. The van der Waals surface area contributed by atoms with E-state index in [0.29, 0.717) is 40.9 Å². The summed E-state index contributed by atoms with van der Waals surface area (Å²) in [5, 5.41) is 24.2. The second-order valence-corrected chi connectivity index (χ2v) is 13.5. The van der Waals surface area contributed by atoms with Crippen LogP contribution in [0.5, 0.6) is 0 Å². The van der Waals surface area contributed by atoms with E-state index in [-0.39, 0.29) is 17.2 Å². The Morgan fingerprint density at radius 3 is 2.56 bits per heavy atom. The highest BCUT2D eigenvalue weighted by Gasteiger charge is 2.55. The molecule has 1 aromatic carbocycles. The number of nitrogens with zero attached hydrogens (tertiary/aromatic N) is 3. The number of anilines is 2. The van der Waals surface area contributed by atoms with Crippen molar-refractivity contribution >= 4 is 29.3 Å². The maximum absolute atomic E-state index is 12.0. The molecule has 41 heavy (non-hydrogen) atoms. The van der Waals surface area contributed by atoms with Gasteiger partial charge in [-0.15, -0.1) is 0 Å². The summed E-state index contributed by atoms with van der Waals surface area (Å²) in [7, 11) is 1.75. The van der Waals surface area contributed by atoms with Gasteiger partial charge in [0.15, 0.2) is 0 Å². The van der Waals surface area contributed by atoms with Crippen LogP contribution >= 0.6 is 11.6 Å². The average Bonchev–Trinajstić information content (AvgIpc) is 2.99. The molecular formula is C32H42ClN7O. The zero-order valence-corrected chi connectivity index (χ0v) is 24.7. The van der Waals surface area contributed by atoms with E-state index in [1.807, 2.05) is 24.3 Å². The molecule has 5 atom stereocenters. The van der Waals surface area contributed by atoms with Gasteiger partial charge in [-0.25, -0.2) is 4.98 Å². The first-order valence-electron chi connectivity index (χ1n) is 15.4. The number of rotatable bonds is 10. The molecule has 0 saturated heterocycles. The highest BCUT2D eigenvalue weighted by molar-refractivity contribution is 6.31. The molecule has 5 aliphatic rings. The number of amides is 1. The Bertz CT molecular complexity index is 1270. The van der Waals surface area contributed by atoms with Crippen molar-refractivity contribution in [3.63, 3.8) is 0 Å². The van der Waals surface area contributed by atoms with Crippen molar-refractivity contribution in [2.45, 2.75) is 70.4 Å². The lowest BCUT2D eigenvalue weighted by atomic mass is 9.48. The van der Waals surface area contributed by atoms with E-state index in [1.165, 1.54) is 32.1 Å². The predicted octanol–water partition coefficient (Wildman–Crippen LogP) is 5.36. The molecule has 0 spiro atoms. The first-order chi connectivity index (χ1) is 19.9. The largest absolute Gasteiger partial charge is 0.368 e. The minimum absolute atomic E-state index is 0.204. The summed E-state index contributed by atoms with van der Waals surface area (Å²) in [5.74, 6) is 4.46. The van der Waals surface area contributed by atoms with Gasteiger partial charge in [-0.1, -0.05) is 29.8 Å². The Morgan fingerprint density at radius 2 is 1.85 bits per heavy atom. The molecule has 4 bridgehead atoms. The Labute approximate surface area is 248 Å². The van der Waals surface area contributed by atoms with Crippen LogP contribution in [0, 0.1) is 46.3 Å². The van der Waals surface area contributed by atoms with Crippen LogP contribution in [-0.2, 0) is 11.3 Å². The molecule has 5 fully saturated rings. The van der Waals surface area contributed by atoms with E-state index in [4.69, 9.17) is 11.6 Å². The topological polar surface area (TPSA) is 115 Å². The highest BCUT2D eigenvalue weighted by Crippen LogP contribution is 2.60. The SMILES string of the molecule is CNC(=O)C1CCC(CNC2[C@@H]3CC4C[C@H]2CC(CNc2nc(NCc5ccccc5Cl)ncc2C#N)(C4)C3)CC1. The van der Waals surface area contributed by atoms with Crippen molar-refractivity contribution in [1.82, 2.24) is 20.6 Å². The molecule has 218 valence electrons. The van der Waals surface area contributed by atoms with E-state index >= 15 is 0 Å². The van der Waals surface area contributed by atoms with Gasteiger partial charge >= 0.3 is 0 Å². The fraction of sp³-hybridized carbons (Fsp3) is 0.625. The van der Waals surface area contributed by atoms with Gasteiger partial charge in [-0.2, -0.15) is 10.2 Å². The zero-order chi connectivity index (χ0) is 28.4. The fourth-order valence-electron chi connectivity index (χ4n) is 8.65. The first-order valence-corrected chi connectivity index (χ1v) is 15.8. The van der Waals surface area contributed by atoms with Crippen LogP contribution in [0.2, 0.25) is 5.02 Å². The Hall–Kier alpha value is -2.89. The third kappa shape index (κ3) is 6.17. The number of benzene rings is 1. The van der Waals surface area contributed by atoms with Crippen LogP contribution in [0.1, 0.15) is 68.9 Å². The fourth-order valence-corrected chi connectivity index (χ4v) is 8.85. The lowest BCUT2D eigenvalue weighted by Gasteiger charge is -2.60. The van der Waals surface area contributed by atoms with Gasteiger partial charge in [0.05, 0.1) is 6.20 Å². The average molecular weight is 576 g/mol. The number of aromatic nitrogens is 2. The summed E-state index contributed by atoms with van der Waals surface area (Å²) < 4.78 is 0. The van der Waals surface area contributed by atoms with E-state index in [0.717, 1.165) is 62.1 Å². The molecule has 1 aromatic heterocycles. The van der Waals surface area contributed by atoms with Crippen molar-refractivity contribution in [2.75, 3.05) is 30.8 Å². The normalized spacial score (nSPS) is 31.8. The maximum Gasteiger partial charge on any atom is 0.224 e. The Kier molecular flexibility index (Phi) is 8.37. The molecule has 4 N–H and O–H groups in total. The van der Waals surface area contributed by atoms with Crippen LogP contribution in [-0.4, -0.2) is 42.1 Å². The molecule has 7 rings (SSSR count). The number of nitriles is 1. The molecule has 1 heterocycles. The molecular weight excluding hydrogens is 534 g/mol. The number of halogens is 1. The van der Waals surface area contributed by atoms with E-state index in [1.54, 1.807) is 13.2 Å². The van der Waals surface area contributed by atoms with Crippen LogP contribution in [0.3, 0.4) is 0 Å². The summed E-state index contributed by atoms with van der Waals surface area (Å²) in [6.07, 6.45) is 12.4. The van der Waals surface area contributed by atoms with Crippen molar-refractivity contribution in [2.24, 2.45) is 35.0 Å². The molecule has 0 radical (unpaired) electrons. The minimum Gasteiger partial charge on any atom is -0.368 e. The third-order valence-electron chi connectivity index (χ3n) is 10.4. The number of hydrogen-bond acceptors (Lipinski definition) is 7. The second kappa shape index (κ2) is 12.1. The van der Waals surface area contributed by atoms with Crippen molar-refractivity contribution < 1.29 is 4.79 Å². The predicted molar refractivity (Wildman–Crippen MR) is 161 cm³/mol. The monoisotopic (exact) mass is 575 g/mol. The quantitative estimate of drug-likeness (QED) is 0.301. The van der Waals surface area contributed by atoms with Gasteiger partial charge in [0.25, 0.3) is 0 Å². The first kappa shape index (κ1) is 28.2. The highest BCUT2D eigenvalue weighted by atomic mass is 35.5. The van der Waals surface area contributed by atoms with Crippen molar-refractivity contribution in [3.05, 3.63) is 46.6 Å². The lowest BCUT2D eigenvalue weighted by molar-refractivity contribution is -0.125. The number of nitrogens with one attached hydrogen (secondary N) is 4. The van der Waals surface area contributed by atoms with E-state index < -0.39 is 0 Å². The van der Waals surface area contributed by atoms with Crippen LogP contribution < -0.4 is 21.3 Å². The molecule has 1 amide bonds. The van der Waals surface area contributed by atoms with Crippen molar-refractivity contribution in [3.8, 4) is 6.07 Å². The smallest absolute Gasteiger partial charge is 0.224 e. The van der Waals surface area contributed by atoms with E-state index in [9.17, 15) is 10.1 Å².